The third kappa shape index (κ3) is 4.66. The summed E-state index contributed by atoms with van der Waals surface area (Å²) >= 11 is 3.36. The van der Waals surface area contributed by atoms with Crippen LogP contribution in [0.1, 0.15) is 25.8 Å². The summed E-state index contributed by atoms with van der Waals surface area (Å²) in [5.74, 6) is 0.725. The maximum Gasteiger partial charge on any atom is 0.124 e. The largest absolute Gasteiger partial charge is 0.493 e. The van der Waals surface area contributed by atoms with Gasteiger partial charge in [0.15, 0.2) is 0 Å². The van der Waals surface area contributed by atoms with E-state index in [1.165, 1.54) is 0 Å². The summed E-state index contributed by atoms with van der Waals surface area (Å²) in [6.07, 6.45) is 0.796. The number of hydrogen-bond acceptors (Lipinski definition) is 3. The molecule has 0 unspecified atom stereocenters. The van der Waals surface area contributed by atoms with E-state index in [0.717, 1.165) is 22.2 Å². The van der Waals surface area contributed by atoms with Crippen LogP contribution in [0.15, 0.2) is 22.7 Å². The second-order valence-electron chi connectivity index (χ2n) is 4.47. The first-order chi connectivity index (χ1) is 7.98. The fraction of sp³-hybridized carbons (Fsp3) is 0.538. The lowest BCUT2D eigenvalue weighted by Crippen LogP contribution is -2.25. The van der Waals surface area contributed by atoms with Crippen molar-refractivity contribution in [2.45, 2.75) is 32.5 Å². The van der Waals surface area contributed by atoms with Crippen LogP contribution in [-0.2, 0) is 11.3 Å². The molecule has 0 saturated carbocycles. The highest BCUT2D eigenvalue weighted by atomic mass is 79.9. The summed E-state index contributed by atoms with van der Waals surface area (Å²) in [7, 11) is 1.69. The lowest BCUT2D eigenvalue weighted by Gasteiger charge is -2.23. The maximum absolute atomic E-state index is 9.22. The average Bonchev–Trinajstić information content (AvgIpc) is 2.30. The second kappa shape index (κ2) is 6.38. The lowest BCUT2D eigenvalue weighted by molar-refractivity contribution is 0.00530. The Kier molecular flexibility index (Phi) is 5.43. The minimum absolute atomic E-state index is 0.0254. The van der Waals surface area contributed by atoms with Crippen LogP contribution in [0, 0.1) is 0 Å². The number of benzene rings is 1. The number of aliphatic hydroxyl groups is 1. The van der Waals surface area contributed by atoms with Crippen LogP contribution in [0.3, 0.4) is 0 Å². The highest BCUT2D eigenvalue weighted by Crippen LogP contribution is 2.24. The van der Waals surface area contributed by atoms with E-state index in [1.54, 1.807) is 7.11 Å². The summed E-state index contributed by atoms with van der Waals surface area (Å²) in [4.78, 5) is 0. The highest BCUT2D eigenvalue weighted by Gasteiger charge is 2.16. The molecular weight excluding hydrogens is 284 g/mol. The van der Waals surface area contributed by atoms with Gasteiger partial charge in [0.1, 0.15) is 5.75 Å². The van der Waals surface area contributed by atoms with Crippen molar-refractivity contribution in [3.05, 3.63) is 28.2 Å². The summed E-state index contributed by atoms with van der Waals surface area (Å²) in [6.45, 7) is 4.58. The van der Waals surface area contributed by atoms with Crippen molar-refractivity contribution >= 4 is 15.9 Å². The molecule has 0 aliphatic heterocycles. The van der Waals surface area contributed by atoms with Gasteiger partial charge in [-0.1, -0.05) is 15.9 Å². The highest BCUT2D eigenvalue weighted by molar-refractivity contribution is 9.10. The Morgan fingerprint density at radius 1 is 1.35 bits per heavy atom. The van der Waals surface area contributed by atoms with Gasteiger partial charge in [0.25, 0.3) is 0 Å². The van der Waals surface area contributed by atoms with Gasteiger partial charge in [-0.25, -0.2) is 0 Å². The number of halogens is 1. The van der Waals surface area contributed by atoms with E-state index in [0.29, 0.717) is 6.61 Å². The lowest BCUT2D eigenvalue weighted by atomic mass is 10.1. The number of ether oxygens (including phenoxy) is 2. The van der Waals surface area contributed by atoms with Crippen molar-refractivity contribution in [1.82, 2.24) is 0 Å². The van der Waals surface area contributed by atoms with Crippen LogP contribution in [0.25, 0.3) is 0 Å². The molecule has 1 aromatic carbocycles. The molecule has 4 heteroatoms. The number of methoxy groups -OCH3 is 1. The Balaban J connectivity index is 2.57. The van der Waals surface area contributed by atoms with Gasteiger partial charge in [0.2, 0.25) is 0 Å². The molecule has 0 saturated heterocycles. The molecule has 96 valence electrons. The van der Waals surface area contributed by atoms with Crippen molar-refractivity contribution in [2.24, 2.45) is 0 Å². The standard InChI is InChI=1S/C13H19BrO3/c1-13(2,16-3)6-7-17-12-5-4-11(14)8-10(12)9-15/h4-5,8,15H,6-7,9H2,1-3H3. The van der Waals surface area contributed by atoms with Gasteiger partial charge in [-0.15, -0.1) is 0 Å². The van der Waals surface area contributed by atoms with Gasteiger partial charge in [-0.05, 0) is 32.0 Å². The molecule has 0 atom stereocenters. The van der Waals surface area contributed by atoms with E-state index in [9.17, 15) is 5.11 Å². The molecule has 0 aromatic heterocycles. The Hall–Kier alpha value is -0.580. The monoisotopic (exact) mass is 302 g/mol. The first-order valence-electron chi connectivity index (χ1n) is 5.56. The van der Waals surface area contributed by atoms with E-state index >= 15 is 0 Å². The zero-order valence-corrected chi connectivity index (χ0v) is 12.1. The van der Waals surface area contributed by atoms with E-state index < -0.39 is 0 Å². The third-order valence-corrected chi connectivity index (χ3v) is 3.20. The summed E-state index contributed by atoms with van der Waals surface area (Å²) in [6, 6.07) is 5.61. The molecule has 3 nitrogen and oxygen atoms in total. The molecule has 0 aliphatic carbocycles. The van der Waals surface area contributed by atoms with Gasteiger partial charge in [0, 0.05) is 23.6 Å². The molecular formula is C13H19BrO3. The smallest absolute Gasteiger partial charge is 0.124 e. The first-order valence-corrected chi connectivity index (χ1v) is 6.35. The second-order valence-corrected chi connectivity index (χ2v) is 5.39. The van der Waals surface area contributed by atoms with Crippen LogP contribution >= 0.6 is 15.9 Å². The van der Waals surface area contributed by atoms with Gasteiger partial charge in [0.05, 0.1) is 18.8 Å². The molecule has 0 spiro atoms. The molecule has 0 fully saturated rings. The molecule has 0 amide bonds. The van der Waals surface area contributed by atoms with E-state index in [1.807, 2.05) is 32.0 Å². The van der Waals surface area contributed by atoms with Crippen LogP contribution in [0.4, 0.5) is 0 Å². The van der Waals surface area contributed by atoms with Crippen molar-refractivity contribution in [1.29, 1.82) is 0 Å². The number of rotatable bonds is 6. The summed E-state index contributed by atoms with van der Waals surface area (Å²) in [5, 5.41) is 9.22. The maximum atomic E-state index is 9.22. The predicted octanol–water partition coefficient (Wildman–Crippen LogP) is 3.14. The Morgan fingerprint density at radius 2 is 2.06 bits per heavy atom. The Morgan fingerprint density at radius 3 is 2.65 bits per heavy atom. The van der Waals surface area contributed by atoms with Gasteiger partial charge >= 0.3 is 0 Å². The quantitative estimate of drug-likeness (QED) is 0.877. The average molecular weight is 303 g/mol. The molecule has 0 aliphatic rings. The van der Waals surface area contributed by atoms with Crippen LogP contribution in [0.5, 0.6) is 5.75 Å². The fourth-order valence-electron chi connectivity index (χ4n) is 1.32. The first kappa shape index (κ1) is 14.5. The Labute approximate surface area is 111 Å². The molecule has 0 bridgehead atoms. The molecule has 1 aromatic rings. The van der Waals surface area contributed by atoms with E-state index in [4.69, 9.17) is 9.47 Å². The normalized spacial score (nSPS) is 11.6. The minimum atomic E-state index is -0.186. The minimum Gasteiger partial charge on any atom is -0.493 e. The topological polar surface area (TPSA) is 38.7 Å². The molecule has 1 rings (SSSR count). The van der Waals surface area contributed by atoms with Crippen LogP contribution in [0.2, 0.25) is 0 Å². The fourth-order valence-corrected chi connectivity index (χ4v) is 1.73. The SMILES string of the molecule is COC(C)(C)CCOc1ccc(Br)cc1CO. The van der Waals surface area contributed by atoms with Crippen molar-refractivity contribution < 1.29 is 14.6 Å². The van der Waals surface area contributed by atoms with Crippen molar-refractivity contribution in [3.8, 4) is 5.75 Å². The number of hydrogen-bond donors (Lipinski definition) is 1. The van der Waals surface area contributed by atoms with Crippen molar-refractivity contribution in [2.75, 3.05) is 13.7 Å². The Bertz CT molecular complexity index is 364. The number of aliphatic hydroxyl groups excluding tert-OH is 1. The summed E-state index contributed by atoms with van der Waals surface area (Å²) in [5.41, 5.74) is 0.601. The molecule has 0 radical (unpaired) electrons. The summed E-state index contributed by atoms with van der Waals surface area (Å²) < 4.78 is 11.9. The van der Waals surface area contributed by atoms with E-state index in [-0.39, 0.29) is 12.2 Å². The molecule has 0 heterocycles. The van der Waals surface area contributed by atoms with Crippen molar-refractivity contribution in [3.63, 3.8) is 0 Å². The van der Waals surface area contributed by atoms with Crippen LogP contribution < -0.4 is 4.74 Å². The van der Waals surface area contributed by atoms with Gasteiger partial charge in [-0.3, -0.25) is 0 Å². The van der Waals surface area contributed by atoms with Gasteiger partial charge < -0.3 is 14.6 Å². The zero-order valence-electron chi connectivity index (χ0n) is 10.5. The third-order valence-electron chi connectivity index (χ3n) is 2.71. The van der Waals surface area contributed by atoms with Gasteiger partial charge in [-0.2, -0.15) is 0 Å². The van der Waals surface area contributed by atoms with E-state index in [2.05, 4.69) is 15.9 Å². The predicted molar refractivity (Wildman–Crippen MR) is 71.3 cm³/mol. The molecule has 17 heavy (non-hydrogen) atoms. The zero-order chi connectivity index (χ0) is 12.9. The van der Waals surface area contributed by atoms with Crippen LogP contribution in [-0.4, -0.2) is 24.4 Å². The molecule has 1 N–H and O–H groups in total.